The van der Waals surface area contributed by atoms with Crippen LogP contribution in [0.15, 0.2) is 36.8 Å². The van der Waals surface area contributed by atoms with Crippen LogP contribution >= 0.6 is 11.6 Å². The fourth-order valence-corrected chi connectivity index (χ4v) is 5.01. The van der Waals surface area contributed by atoms with Gasteiger partial charge in [0, 0.05) is 6.20 Å². The highest BCUT2D eigenvalue weighted by Gasteiger charge is 2.58. The van der Waals surface area contributed by atoms with Gasteiger partial charge in [-0.2, -0.15) is 0 Å². The Hall–Kier alpha value is -2.03. The van der Waals surface area contributed by atoms with Crippen LogP contribution in [0.2, 0.25) is 5.15 Å². The first-order chi connectivity index (χ1) is 14.4. The molecule has 6 rings (SSSR count). The molecule has 8 heteroatoms. The second-order valence-corrected chi connectivity index (χ2v) is 9.01. The highest BCUT2D eigenvalue weighted by Crippen LogP contribution is 2.47. The van der Waals surface area contributed by atoms with Gasteiger partial charge in [-0.3, -0.25) is 0 Å². The molecule has 4 heterocycles. The third kappa shape index (κ3) is 2.73. The SMILES string of the molecule is CC1(C)O[C@@H]2[C@@H]([C@H](O)c3ccc4c(c3)CC4)OC(n3ccc4c(Cl)ncnc43)[C@@H]2O1. The standard InChI is InChI=1S/C22H22ClN3O4/c1-22(2)29-17-16(15(27)13-6-4-11-3-5-12(11)9-13)28-21(18(17)30-22)26-8-7-14-19(23)24-10-25-20(14)26/h4,6-10,15-18,21,27H,3,5H2,1-2H3/t15-,16-,17-,18-,21?/m1/s1. The van der Waals surface area contributed by atoms with E-state index in [-0.39, 0.29) is 0 Å². The van der Waals surface area contributed by atoms with Crippen molar-refractivity contribution >= 4 is 22.6 Å². The molecule has 0 saturated carbocycles. The molecule has 1 aromatic carbocycles. The zero-order valence-corrected chi connectivity index (χ0v) is 17.4. The van der Waals surface area contributed by atoms with Gasteiger partial charge < -0.3 is 23.9 Å². The van der Waals surface area contributed by atoms with Gasteiger partial charge in [-0.15, -0.1) is 0 Å². The lowest BCUT2D eigenvalue weighted by molar-refractivity contribution is -0.207. The number of hydrogen-bond acceptors (Lipinski definition) is 6. The largest absolute Gasteiger partial charge is 0.386 e. The topological polar surface area (TPSA) is 78.6 Å². The molecule has 3 aromatic rings. The van der Waals surface area contributed by atoms with Crippen molar-refractivity contribution in [2.24, 2.45) is 0 Å². The lowest BCUT2D eigenvalue weighted by atomic mass is 9.85. The van der Waals surface area contributed by atoms with E-state index >= 15 is 0 Å². The van der Waals surface area contributed by atoms with Crippen LogP contribution < -0.4 is 0 Å². The van der Waals surface area contributed by atoms with Gasteiger partial charge >= 0.3 is 0 Å². The van der Waals surface area contributed by atoms with Crippen molar-refractivity contribution < 1.29 is 19.3 Å². The molecule has 156 valence electrons. The van der Waals surface area contributed by atoms with Crippen molar-refractivity contribution in [3.8, 4) is 0 Å². The first-order valence-corrected chi connectivity index (χ1v) is 10.6. The molecule has 0 amide bonds. The Morgan fingerprint density at radius 2 is 1.93 bits per heavy atom. The van der Waals surface area contributed by atoms with Crippen LogP contribution in [-0.4, -0.2) is 43.7 Å². The number of benzene rings is 1. The molecule has 7 nitrogen and oxygen atoms in total. The zero-order chi connectivity index (χ0) is 20.6. The first-order valence-electron chi connectivity index (χ1n) is 10.2. The molecule has 0 radical (unpaired) electrons. The number of aryl methyl sites for hydroxylation is 2. The van der Waals surface area contributed by atoms with E-state index in [1.165, 1.54) is 17.5 Å². The van der Waals surface area contributed by atoms with Crippen LogP contribution in [0.4, 0.5) is 0 Å². The second-order valence-electron chi connectivity index (χ2n) is 8.65. The monoisotopic (exact) mass is 427 g/mol. The van der Waals surface area contributed by atoms with E-state index in [9.17, 15) is 5.11 Å². The van der Waals surface area contributed by atoms with Gasteiger partial charge in [0.25, 0.3) is 0 Å². The van der Waals surface area contributed by atoms with Gasteiger partial charge in [-0.1, -0.05) is 29.8 Å². The Labute approximate surface area is 178 Å². The molecule has 2 aromatic heterocycles. The van der Waals surface area contributed by atoms with Gasteiger partial charge in [0.2, 0.25) is 0 Å². The molecule has 0 spiro atoms. The summed E-state index contributed by atoms with van der Waals surface area (Å²) in [5.41, 5.74) is 4.15. The third-order valence-corrected chi connectivity index (χ3v) is 6.65. The number of rotatable bonds is 3. The number of ether oxygens (including phenoxy) is 3. The van der Waals surface area contributed by atoms with Crippen LogP contribution in [0.5, 0.6) is 0 Å². The maximum atomic E-state index is 11.2. The summed E-state index contributed by atoms with van der Waals surface area (Å²) >= 11 is 6.22. The molecule has 3 aliphatic rings. The maximum absolute atomic E-state index is 11.2. The Bertz CT molecular complexity index is 1150. The summed E-state index contributed by atoms with van der Waals surface area (Å²) in [6.07, 6.45) is 2.73. The Morgan fingerprint density at radius 3 is 2.70 bits per heavy atom. The number of nitrogens with zero attached hydrogens (tertiary/aromatic N) is 3. The molecule has 30 heavy (non-hydrogen) atoms. The van der Waals surface area contributed by atoms with E-state index in [0.717, 1.165) is 23.8 Å². The summed E-state index contributed by atoms with van der Waals surface area (Å²) in [6.45, 7) is 3.76. The minimum Gasteiger partial charge on any atom is -0.386 e. The number of fused-ring (bicyclic) bond motifs is 3. The first kappa shape index (κ1) is 18.7. The molecule has 2 saturated heterocycles. The minimum absolute atomic E-state index is 0.385. The maximum Gasteiger partial charge on any atom is 0.164 e. The van der Waals surface area contributed by atoms with Crippen LogP contribution in [0, 0.1) is 0 Å². The van der Waals surface area contributed by atoms with E-state index in [2.05, 4.69) is 22.1 Å². The summed E-state index contributed by atoms with van der Waals surface area (Å²) in [4.78, 5) is 8.43. The second kappa shape index (κ2) is 6.48. The molecular weight excluding hydrogens is 406 g/mol. The Morgan fingerprint density at radius 1 is 1.13 bits per heavy atom. The van der Waals surface area contributed by atoms with E-state index in [4.69, 9.17) is 25.8 Å². The molecule has 2 fully saturated rings. The van der Waals surface area contributed by atoms with Crippen molar-refractivity contribution in [2.75, 3.05) is 0 Å². The van der Waals surface area contributed by atoms with E-state index < -0.39 is 36.4 Å². The number of aromatic nitrogens is 3. The molecule has 1 N–H and O–H groups in total. The molecule has 1 aliphatic carbocycles. The van der Waals surface area contributed by atoms with Crippen molar-refractivity contribution in [3.05, 3.63) is 58.6 Å². The van der Waals surface area contributed by atoms with Crippen molar-refractivity contribution in [1.29, 1.82) is 0 Å². The summed E-state index contributed by atoms with van der Waals surface area (Å²) in [7, 11) is 0. The van der Waals surface area contributed by atoms with Crippen LogP contribution in [0.25, 0.3) is 11.0 Å². The highest BCUT2D eigenvalue weighted by atomic mass is 35.5. The fourth-order valence-electron chi connectivity index (χ4n) is 4.82. The lowest BCUT2D eigenvalue weighted by Gasteiger charge is -2.28. The number of aliphatic hydroxyl groups excluding tert-OH is 1. The van der Waals surface area contributed by atoms with Crippen molar-refractivity contribution in [2.45, 2.75) is 63.1 Å². The van der Waals surface area contributed by atoms with Gasteiger partial charge in [0.05, 0.1) is 5.39 Å². The molecule has 0 bridgehead atoms. The predicted molar refractivity (Wildman–Crippen MR) is 109 cm³/mol. The summed E-state index contributed by atoms with van der Waals surface area (Å²) in [6, 6.07) is 8.01. The van der Waals surface area contributed by atoms with Gasteiger partial charge in [0.1, 0.15) is 41.5 Å². The molecule has 1 unspecified atom stereocenters. The number of aliphatic hydroxyl groups is 1. The number of hydrogen-bond donors (Lipinski definition) is 1. The zero-order valence-electron chi connectivity index (χ0n) is 16.7. The third-order valence-electron chi connectivity index (χ3n) is 6.35. The lowest BCUT2D eigenvalue weighted by Crippen LogP contribution is -2.34. The highest BCUT2D eigenvalue weighted by molar-refractivity contribution is 6.33. The van der Waals surface area contributed by atoms with Gasteiger partial charge in [-0.05, 0) is 49.4 Å². The predicted octanol–water partition coefficient (Wildman–Crippen LogP) is 3.33. The van der Waals surface area contributed by atoms with E-state index in [1.54, 1.807) is 0 Å². The van der Waals surface area contributed by atoms with Crippen LogP contribution in [-0.2, 0) is 27.1 Å². The Balaban J connectivity index is 1.38. The van der Waals surface area contributed by atoms with Crippen LogP contribution in [0.3, 0.4) is 0 Å². The molecular formula is C22H22ClN3O4. The quantitative estimate of drug-likeness (QED) is 0.646. The van der Waals surface area contributed by atoms with Crippen LogP contribution in [0.1, 0.15) is 42.9 Å². The minimum atomic E-state index is -0.828. The number of halogens is 1. The van der Waals surface area contributed by atoms with Crippen molar-refractivity contribution in [3.63, 3.8) is 0 Å². The van der Waals surface area contributed by atoms with Gasteiger partial charge in [-0.25, -0.2) is 9.97 Å². The Kier molecular flexibility index (Phi) is 4.04. The normalized spacial score (nSPS) is 30.1. The van der Waals surface area contributed by atoms with E-state index in [1.807, 2.05) is 36.7 Å². The van der Waals surface area contributed by atoms with Gasteiger partial charge in [0.15, 0.2) is 12.0 Å². The summed E-state index contributed by atoms with van der Waals surface area (Å²) in [5, 5.41) is 12.4. The molecule has 5 atom stereocenters. The molecule has 2 aliphatic heterocycles. The summed E-state index contributed by atoms with van der Waals surface area (Å²) in [5.74, 6) is -0.772. The fraction of sp³-hybridized carbons (Fsp3) is 0.455. The average Bonchev–Trinajstić information content (AvgIpc) is 3.33. The van der Waals surface area contributed by atoms with E-state index in [0.29, 0.717) is 10.8 Å². The smallest absolute Gasteiger partial charge is 0.164 e. The summed E-state index contributed by atoms with van der Waals surface area (Å²) < 4.78 is 20.6. The average molecular weight is 428 g/mol. The van der Waals surface area contributed by atoms with Crippen molar-refractivity contribution in [1.82, 2.24) is 14.5 Å².